The number of carbonyl (C=O) groups excluding carboxylic acids is 2. The molecule has 1 unspecified atom stereocenters. The van der Waals surface area contributed by atoms with E-state index in [4.69, 9.17) is 5.11 Å². The molecule has 1 fully saturated rings. The van der Waals surface area contributed by atoms with Crippen LogP contribution in [0.25, 0.3) is 0 Å². The highest BCUT2D eigenvalue weighted by molar-refractivity contribution is 6.04. The van der Waals surface area contributed by atoms with E-state index >= 15 is 0 Å². The van der Waals surface area contributed by atoms with Crippen molar-refractivity contribution in [2.75, 3.05) is 13.2 Å². The SMILES string of the molecule is CC(C)CC1NC(=O)N(CCCCCCO)C1=O. The predicted octanol–water partition coefficient (Wildman–Crippen LogP) is 1.51. The Morgan fingerprint density at radius 1 is 1.22 bits per heavy atom. The fourth-order valence-electron chi connectivity index (χ4n) is 2.16. The van der Waals surface area contributed by atoms with Crippen LogP contribution in [0.2, 0.25) is 0 Å². The zero-order chi connectivity index (χ0) is 13.5. The van der Waals surface area contributed by atoms with Gasteiger partial charge in [0.15, 0.2) is 0 Å². The Bertz CT molecular complexity index is 292. The average Bonchev–Trinajstić information content (AvgIpc) is 2.55. The van der Waals surface area contributed by atoms with Crippen LogP contribution in [0, 0.1) is 5.92 Å². The highest BCUT2D eigenvalue weighted by Crippen LogP contribution is 2.15. The number of carbonyl (C=O) groups is 2. The summed E-state index contributed by atoms with van der Waals surface area (Å²) in [6.45, 7) is 4.78. The van der Waals surface area contributed by atoms with Gasteiger partial charge in [0.2, 0.25) is 0 Å². The molecule has 0 radical (unpaired) electrons. The van der Waals surface area contributed by atoms with Crippen LogP contribution in [0.3, 0.4) is 0 Å². The van der Waals surface area contributed by atoms with Gasteiger partial charge in [0.25, 0.3) is 5.91 Å². The molecule has 5 nitrogen and oxygen atoms in total. The lowest BCUT2D eigenvalue weighted by atomic mass is 10.0. The first-order valence-electron chi connectivity index (χ1n) is 6.79. The van der Waals surface area contributed by atoms with E-state index in [2.05, 4.69) is 5.32 Å². The normalized spacial score (nSPS) is 19.8. The number of urea groups is 1. The topological polar surface area (TPSA) is 69.6 Å². The lowest BCUT2D eigenvalue weighted by Crippen LogP contribution is -2.32. The molecule has 0 aromatic rings. The molecule has 1 heterocycles. The molecular formula is C13H24N2O3. The summed E-state index contributed by atoms with van der Waals surface area (Å²) in [5, 5.41) is 11.4. The molecule has 1 saturated heterocycles. The molecule has 0 bridgehead atoms. The number of amides is 3. The monoisotopic (exact) mass is 256 g/mol. The van der Waals surface area contributed by atoms with Crippen molar-refractivity contribution >= 4 is 11.9 Å². The molecule has 104 valence electrons. The van der Waals surface area contributed by atoms with E-state index in [9.17, 15) is 9.59 Å². The van der Waals surface area contributed by atoms with E-state index in [1.165, 1.54) is 4.90 Å². The maximum atomic E-state index is 12.0. The first kappa shape index (κ1) is 15.0. The molecule has 1 rings (SSSR count). The van der Waals surface area contributed by atoms with Gasteiger partial charge in [-0.2, -0.15) is 0 Å². The zero-order valence-corrected chi connectivity index (χ0v) is 11.3. The number of imide groups is 1. The summed E-state index contributed by atoms with van der Waals surface area (Å²) in [7, 11) is 0. The van der Waals surface area contributed by atoms with Crippen molar-refractivity contribution in [3.05, 3.63) is 0 Å². The van der Waals surface area contributed by atoms with Crippen molar-refractivity contribution < 1.29 is 14.7 Å². The Hall–Kier alpha value is -1.10. The molecule has 0 spiro atoms. The van der Waals surface area contributed by atoms with Crippen molar-refractivity contribution in [3.63, 3.8) is 0 Å². The molecule has 0 aromatic heterocycles. The Morgan fingerprint density at radius 3 is 2.50 bits per heavy atom. The molecule has 18 heavy (non-hydrogen) atoms. The number of hydrogen-bond acceptors (Lipinski definition) is 3. The van der Waals surface area contributed by atoms with Gasteiger partial charge in [-0.1, -0.05) is 26.7 Å². The van der Waals surface area contributed by atoms with Gasteiger partial charge in [0, 0.05) is 13.2 Å². The minimum atomic E-state index is -0.338. The Kier molecular flexibility index (Phi) is 6.12. The fourth-order valence-corrected chi connectivity index (χ4v) is 2.16. The summed E-state index contributed by atoms with van der Waals surface area (Å²) in [5.74, 6) is 0.305. The number of nitrogens with zero attached hydrogens (tertiary/aromatic N) is 1. The quantitative estimate of drug-likeness (QED) is 0.511. The van der Waals surface area contributed by atoms with E-state index in [0.29, 0.717) is 18.9 Å². The molecule has 1 atom stereocenters. The fraction of sp³-hybridized carbons (Fsp3) is 0.846. The van der Waals surface area contributed by atoms with Crippen molar-refractivity contribution in [1.82, 2.24) is 10.2 Å². The lowest BCUT2D eigenvalue weighted by Gasteiger charge is -2.13. The molecule has 5 heteroatoms. The number of aliphatic hydroxyl groups excluding tert-OH is 1. The van der Waals surface area contributed by atoms with Crippen LogP contribution in [-0.4, -0.2) is 41.1 Å². The first-order chi connectivity index (χ1) is 8.56. The number of unbranched alkanes of at least 4 members (excludes halogenated alkanes) is 3. The molecule has 1 aliphatic rings. The van der Waals surface area contributed by atoms with Crippen molar-refractivity contribution in [3.8, 4) is 0 Å². The van der Waals surface area contributed by atoms with Crippen LogP contribution in [0.4, 0.5) is 4.79 Å². The number of nitrogens with one attached hydrogen (secondary N) is 1. The maximum absolute atomic E-state index is 12.0. The standard InChI is InChI=1S/C13H24N2O3/c1-10(2)9-11-12(17)15(13(18)14-11)7-5-3-4-6-8-16/h10-11,16H,3-9H2,1-2H3,(H,14,18). The van der Waals surface area contributed by atoms with Crippen LogP contribution in [-0.2, 0) is 4.79 Å². The van der Waals surface area contributed by atoms with Gasteiger partial charge in [0.1, 0.15) is 6.04 Å². The largest absolute Gasteiger partial charge is 0.396 e. The highest BCUT2D eigenvalue weighted by atomic mass is 16.3. The number of hydrogen-bond donors (Lipinski definition) is 2. The smallest absolute Gasteiger partial charge is 0.324 e. The van der Waals surface area contributed by atoms with E-state index in [1.807, 2.05) is 13.8 Å². The van der Waals surface area contributed by atoms with Gasteiger partial charge in [-0.15, -0.1) is 0 Å². The molecule has 0 aromatic carbocycles. The molecule has 0 saturated carbocycles. The van der Waals surface area contributed by atoms with Crippen LogP contribution >= 0.6 is 0 Å². The van der Waals surface area contributed by atoms with Crippen LogP contribution in [0.5, 0.6) is 0 Å². The number of rotatable bonds is 8. The van der Waals surface area contributed by atoms with Gasteiger partial charge in [-0.25, -0.2) is 4.79 Å². The van der Waals surface area contributed by atoms with Gasteiger partial charge in [0.05, 0.1) is 0 Å². The maximum Gasteiger partial charge on any atom is 0.324 e. The number of aliphatic hydroxyl groups is 1. The summed E-state index contributed by atoms with van der Waals surface area (Å²) in [4.78, 5) is 24.9. The van der Waals surface area contributed by atoms with Crippen molar-refractivity contribution in [2.24, 2.45) is 5.92 Å². The molecular weight excluding hydrogens is 232 g/mol. The van der Waals surface area contributed by atoms with Crippen LogP contribution in [0.15, 0.2) is 0 Å². The first-order valence-corrected chi connectivity index (χ1v) is 6.79. The van der Waals surface area contributed by atoms with Gasteiger partial charge >= 0.3 is 6.03 Å². The lowest BCUT2D eigenvalue weighted by molar-refractivity contribution is -0.127. The molecule has 1 aliphatic heterocycles. The Morgan fingerprint density at radius 2 is 1.89 bits per heavy atom. The Labute approximate surface area is 109 Å². The summed E-state index contributed by atoms with van der Waals surface area (Å²) < 4.78 is 0. The molecule has 3 amide bonds. The van der Waals surface area contributed by atoms with E-state index in [1.54, 1.807) is 0 Å². The minimum Gasteiger partial charge on any atom is -0.396 e. The van der Waals surface area contributed by atoms with Crippen molar-refractivity contribution in [1.29, 1.82) is 0 Å². The summed E-state index contributed by atoms with van der Waals surface area (Å²) in [6, 6.07) is -0.595. The van der Waals surface area contributed by atoms with Crippen molar-refractivity contribution in [2.45, 2.75) is 52.0 Å². The summed E-state index contributed by atoms with van der Waals surface area (Å²) >= 11 is 0. The third-order valence-electron chi connectivity index (χ3n) is 3.10. The van der Waals surface area contributed by atoms with Crippen LogP contribution < -0.4 is 5.32 Å². The van der Waals surface area contributed by atoms with Crippen LogP contribution in [0.1, 0.15) is 46.0 Å². The highest BCUT2D eigenvalue weighted by Gasteiger charge is 2.37. The van der Waals surface area contributed by atoms with Gasteiger partial charge in [-0.05, 0) is 25.2 Å². The van der Waals surface area contributed by atoms with Gasteiger partial charge < -0.3 is 10.4 Å². The predicted molar refractivity (Wildman–Crippen MR) is 69.0 cm³/mol. The van der Waals surface area contributed by atoms with E-state index < -0.39 is 0 Å². The van der Waals surface area contributed by atoms with Gasteiger partial charge in [-0.3, -0.25) is 9.69 Å². The second-order valence-electron chi connectivity index (χ2n) is 5.26. The second kappa shape index (κ2) is 7.36. The Balaban J connectivity index is 2.32. The van der Waals surface area contributed by atoms with E-state index in [0.717, 1.165) is 25.7 Å². The zero-order valence-electron chi connectivity index (χ0n) is 11.3. The third kappa shape index (κ3) is 4.29. The average molecular weight is 256 g/mol. The third-order valence-corrected chi connectivity index (χ3v) is 3.10. The molecule has 0 aliphatic carbocycles. The summed E-state index contributed by atoms with van der Waals surface area (Å²) in [6.07, 6.45) is 4.18. The minimum absolute atomic E-state index is 0.0872. The second-order valence-corrected chi connectivity index (χ2v) is 5.26. The van der Waals surface area contributed by atoms with E-state index in [-0.39, 0.29) is 24.6 Å². The summed E-state index contributed by atoms with van der Waals surface area (Å²) in [5.41, 5.74) is 0. The molecule has 2 N–H and O–H groups in total.